The molecule has 0 N–H and O–H groups in total. The molecular weight excluding hydrogens is 175 g/mol. The van der Waals surface area contributed by atoms with Crippen molar-refractivity contribution in [3.8, 4) is 0 Å². The highest BCUT2D eigenvalue weighted by Gasteiger charge is 2.33. The minimum atomic E-state index is -4.38. The van der Waals surface area contributed by atoms with Crippen LogP contribution in [0.25, 0.3) is 0 Å². The molecule has 5 heteroatoms. The van der Waals surface area contributed by atoms with Crippen molar-refractivity contribution in [1.82, 2.24) is 4.98 Å². The zero-order chi connectivity index (χ0) is 8.48. The van der Waals surface area contributed by atoms with Crippen molar-refractivity contribution < 1.29 is 13.2 Å². The predicted octanol–water partition coefficient (Wildman–Crippen LogP) is 2.66. The summed E-state index contributed by atoms with van der Waals surface area (Å²) in [5, 5.41) is -0.403. The molecule has 0 spiro atoms. The first-order chi connectivity index (χ1) is 5.02. The topological polar surface area (TPSA) is 12.9 Å². The van der Waals surface area contributed by atoms with Crippen molar-refractivity contribution in [3.63, 3.8) is 0 Å². The number of halogens is 3. The SMILES string of the molecule is FC(F)(F)c1cccnc1[S]. The molecular formula is C6H3F3NS. The van der Waals surface area contributed by atoms with Crippen molar-refractivity contribution in [2.24, 2.45) is 0 Å². The number of hydrogen-bond donors (Lipinski definition) is 0. The van der Waals surface area contributed by atoms with E-state index in [4.69, 9.17) is 0 Å². The van der Waals surface area contributed by atoms with Gasteiger partial charge in [-0.3, -0.25) is 0 Å². The summed E-state index contributed by atoms with van der Waals surface area (Å²) in [6.45, 7) is 0. The van der Waals surface area contributed by atoms with E-state index < -0.39 is 16.8 Å². The van der Waals surface area contributed by atoms with E-state index in [0.717, 1.165) is 6.07 Å². The lowest BCUT2D eigenvalue weighted by atomic mass is 10.3. The lowest BCUT2D eigenvalue weighted by molar-refractivity contribution is -0.140. The van der Waals surface area contributed by atoms with Gasteiger partial charge in [-0.2, -0.15) is 13.2 Å². The standard InChI is InChI=1S/C6H3F3NS/c7-6(8,9)4-2-1-3-10-5(4)11/h1-3H. The van der Waals surface area contributed by atoms with Crippen molar-refractivity contribution in [1.29, 1.82) is 0 Å². The van der Waals surface area contributed by atoms with Crippen LogP contribution in [0.4, 0.5) is 13.2 Å². The molecule has 0 fully saturated rings. The summed E-state index contributed by atoms with van der Waals surface area (Å²) in [6, 6.07) is 2.12. The Bertz CT molecular complexity index is 258. The van der Waals surface area contributed by atoms with E-state index >= 15 is 0 Å². The molecule has 1 rings (SSSR count). The highest BCUT2D eigenvalue weighted by molar-refractivity contribution is 7.80. The zero-order valence-corrected chi connectivity index (χ0v) is 6.04. The van der Waals surface area contributed by atoms with Gasteiger partial charge in [0.2, 0.25) is 0 Å². The molecule has 0 aromatic carbocycles. The first-order valence-electron chi connectivity index (χ1n) is 2.71. The Kier molecular flexibility index (Phi) is 1.99. The third kappa shape index (κ3) is 1.80. The van der Waals surface area contributed by atoms with Crippen LogP contribution in [0.5, 0.6) is 0 Å². The lowest BCUT2D eigenvalue weighted by Gasteiger charge is -2.05. The van der Waals surface area contributed by atoms with Crippen LogP contribution in [0.3, 0.4) is 0 Å². The molecule has 0 aliphatic heterocycles. The lowest BCUT2D eigenvalue weighted by Crippen LogP contribution is -2.06. The van der Waals surface area contributed by atoms with Gasteiger partial charge in [0.05, 0.1) is 5.56 Å². The number of aromatic nitrogens is 1. The summed E-state index contributed by atoms with van der Waals surface area (Å²) < 4.78 is 35.8. The molecule has 0 atom stereocenters. The van der Waals surface area contributed by atoms with E-state index in [1.165, 1.54) is 12.3 Å². The van der Waals surface area contributed by atoms with E-state index in [-0.39, 0.29) is 0 Å². The quantitative estimate of drug-likeness (QED) is 0.595. The van der Waals surface area contributed by atoms with Gasteiger partial charge in [0.1, 0.15) is 5.03 Å². The molecule has 1 heterocycles. The summed E-state index contributed by atoms with van der Waals surface area (Å²) in [5.41, 5.74) is -0.852. The van der Waals surface area contributed by atoms with Gasteiger partial charge < -0.3 is 0 Å². The van der Waals surface area contributed by atoms with Crippen LogP contribution < -0.4 is 0 Å². The minimum Gasteiger partial charge on any atom is -0.245 e. The maximum absolute atomic E-state index is 11.9. The highest BCUT2D eigenvalue weighted by atomic mass is 32.1. The molecule has 0 aliphatic carbocycles. The van der Waals surface area contributed by atoms with Crippen molar-refractivity contribution in [3.05, 3.63) is 23.9 Å². The molecule has 0 saturated carbocycles. The number of hydrogen-bond acceptors (Lipinski definition) is 1. The molecule has 0 bridgehead atoms. The van der Waals surface area contributed by atoms with Gasteiger partial charge in [-0.25, -0.2) is 4.98 Å². The summed E-state index contributed by atoms with van der Waals surface area (Å²) in [7, 11) is 0. The van der Waals surface area contributed by atoms with Crippen molar-refractivity contribution in [2.45, 2.75) is 11.2 Å². The predicted molar refractivity (Wildman–Crippen MR) is 35.1 cm³/mol. The van der Waals surface area contributed by atoms with E-state index in [0.29, 0.717) is 0 Å². The van der Waals surface area contributed by atoms with Crippen LogP contribution in [-0.2, 0) is 6.18 Å². The molecule has 1 nitrogen and oxygen atoms in total. The monoisotopic (exact) mass is 178 g/mol. The van der Waals surface area contributed by atoms with Crippen LogP contribution in [-0.4, -0.2) is 4.98 Å². The van der Waals surface area contributed by atoms with E-state index in [1.807, 2.05) is 0 Å². The largest absolute Gasteiger partial charge is 0.419 e. The number of rotatable bonds is 0. The molecule has 11 heavy (non-hydrogen) atoms. The average Bonchev–Trinajstić information content (AvgIpc) is 1.86. The fraction of sp³-hybridized carbons (Fsp3) is 0.167. The normalized spacial score (nSPS) is 11.5. The molecule has 1 aromatic rings. The van der Waals surface area contributed by atoms with Crippen molar-refractivity contribution >= 4 is 12.6 Å². The van der Waals surface area contributed by atoms with Gasteiger partial charge in [-0.1, -0.05) is 12.6 Å². The summed E-state index contributed by atoms with van der Waals surface area (Å²) in [5.74, 6) is 0. The summed E-state index contributed by atoms with van der Waals surface area (Å²) in [4.78, 5) is 3.34. The number of nitrogens with zero attached hydrogens (tertiary/aromatic N) is 1. The Labute approximate surface area is 66.7 Å². The fourth-order valence-corrected chi connectivity index (χ4v) is 0.851. The Morgan fingerprint density at radius 3 is 2.36 bits per heavy atom. The second-order valence-corrected chi connectivity index (χ2v) is 2.24. The molecule has 0 saturated heterocycles. The second kappa shape index (κ2) is 2.65. The van der Waals surface area contributed by atoms with Gasteiger partial charge >= 0.3 is 6.18 Å². The van der Waals surface area contributed by atoms with Gasteiger partial charge in [-0.15, -0.1) is 0 Å². The van der Waals surface area contributed by atoms with E-state index in [9.17, 15) is 13.2 Å². The van der Waals surface area contributed by atoms with Crippen molar-refractivity contribution in [2.75, 3.05) is 0 Å². The van der Waals surface area contributed by atoms with Gasteiger partial charge in [-0.05, 0) is 12.1 Å². The van der Waals surface area contributed by atoms with Crippen LogP contribution in [0.2, 0.25) is 0 Å². The van der Waals surface area contributed by atoms with Crippen LogP contribution in [0.1, 0.15) is 5.56 Å². The Balaban J connectivity index is 3.14. The maximum Gasteiger partial charge on any atom is 0.419 e. The minimum absolute atomic E-state index is 0.403. The number of pyridine rings is 1. The van der Waals surface area contributed by atoms with E-state index in [2.05, 4.69) is 17.6 Å². The van der Waals surface area contributed by atoms with Gasteiger partial charge in [0.25, 0.3) is 0 Å². The molecule has 0 aliphatic rings. The molecule has 0 amide bonds. The molecule has 1 radical (unpaired) electrons. The average molecular weight is 178 g/mol. The molecule has 1 aromatic heterocycles. The Hall–Kier alpha value is -0.840. The third-order valence-electron chi connectivity index (χ3n) is 1.08. The first kappa shape index (κ1) is 8.26. The molecule has 59 valence electrons. The third-order valence-corrected chi connectivity index (χ3v) is 1.40. The Morgan fingerprint density at radius 1 is 1.36 bits per heavy atom. The zero-order valence-electron chi connectivity index (χ0n) is 5.22. The van der Waals surface area contributed by atoms with Crippen LogP contribution in [0.15, 0.2) is 23.4 Å². The maximum atomic E-state index is 11.9. The summed E-state index contributed by atoms with van der Waals surface area (Å²) in [6.07, 6.45) is -3.15. The van der Waals surface area contributed by atoms with Crippen LogP contribution in [0, 0.1) is 0 Å². The van der Waals surface area contributed by atoms with Gasteiger partial charge in [0, 0.05) is 6.20 Å². The Morgan fingerprint density at radius 2 is 2.00 bits per heavy atom. The van der Waals surface area contributed by atoms with Crippen LogP contribution >= 0.6 is 12.6 Å². The fourth-order valence-electron chi connectivity index (χ4n) is 0.607. The first-order valence-corrected chi connectivity index (χ1v) is 3.12. The smallest absolute Gasteiger partial charge is 0.245 e. The summed E-state index contributed by atoms with van der Waals surface area (Å²) >= 11 is 4.37. The van der Waals surface area contributed by atoms with E-state index in [1.54, 1.807) is 0 Å². The second-order valence-electron chi connectivity index (χ2n) is 1.85. The highest BCUT2D eigenvalue weighted by Crippen LogP contribution is 2.31. The number of alkyl halides is 3. The molecule has 0 unspecified atom stereocenters. The van der Waals surface area contributed by atoms with Gasteiger partial charge in [0.15, 0.2) is 0 Å².